The van der Waals surface area contributed by atoms with Gasteiger partial charge in [-0.05, 0) is 18.2 Å². The van der Waals surface area contributed by atoms with Crippen molar-refractivity contribution in [2.24, 2.45) is 0 Å². The standard InChI is InChI=1S/C11H11ClN2O3S2/c12-11-7-10(2-1-9(11)8-13)19(16,17)14-3-5-18(15)6-4-14/h1-2,7H,3-6H2. The number of nitriles is 1. The first kappa shape index (κ1) is 14.5. The topological polar surface area (TPSA) is 78.2 Å². The van der Waals surface area contributed by atoms with Crippen LogP contribution in [0.25, 0.3) is 0 Å². The van der Waals surface area contributed by atoms with Crippen LogP contribution in [0.2, 0.25) is 5.02 Å². The van der Waals surface area contributed by atoms with Crippen molar-refractivity contribution in [1.82, 2.24) is 4.31 Å². The lowest BCUT2D eigenvalue weighted by atomic mass is 10.2. The van der Waals surface area contributed by atoms with E-state index in [2.05, 4.69) is 0 Å². The summed E-state index contributed by atoms with van der Waals surface area (Å²) in [6.45, 7) is 0.485. The molecule has 1 saturated heterocycles. The lowest BCUT2D eigenvalue weighted by Crippen LogP contribution is -2.41. The number of hydrogen-bond donors (Lipinski definition) is 0. The summed E-state index contributed by atoms with van der Waals surface area (Å²) in [5, 5.41) is 8.88. The number of nitrogens with zero attached hydrogens (tertiary/aromatic N) is 2. The first-order chi connectivity index (χ1) is 8.95. The second kappa shape index (κ2) is 5.59. The molecule has 1 aliphatic heterocycles. The molecule has 0 amide bonds. The first-order valence-corrected chi connectivity index (χ1v) is 8.80. The molecule has 0 radical (unpaired) electrons. The predicted molar refractivity (Wildman–Crippen MR) is 72.8 cm³/mol. The van der Waals surface area contributed by atoms with E-state index < -0.39 is 20.8 Å². The third-order valence-electron chi connectivity index (χ3n) is 2.84. The molecule has 0 saturated carbocycles. The molecule has 1 aromatic rings. The fourth-order valence-electron chi connectivity index (χ4n) is 1.76. The van der Waals surface area contributed by atoms with E-state index in [9.17, 15) is 12.6 Å². The Balaban J connectivity index is 2.32. The normalized spacial score (nSPS) is 18.1. The smallest absolute Gasteiger partial charge is 0.243 e. The maximum absolute atomic E-state index is 12.3. The summed E-state index contributed by atoms with van der Waals surface area (Å²) in [7, 11) is -4.56. The minimum absolute atomic E-state index is 0.0594. The molecule has 2 rings (SSSR count). The van der Waals surface area contributed by atoms with Gasteiger partial charge in [0.05, 0.1) is 15.5 Å². The Morgan fingerprint density at radius 1 is 1.32 bits per heavy atom. The highest BCUT2D eigenvalue weighted by Gasteiger charge is 2.28. The van der Waals surface area contributed by atoms with Crippen molar-refractivity contribution < 1.29 is 12.6 Å². The maximum atomic E-state index is 12.3. The zero-order valence-electron chi connectivity index (χ0n) is 9.87. The Bertz CT molecular complexity index is 657. The van der Waals surface area contributed by atoms with E-state index in [0.29, 0.717) is 11.5 Å². The van der Waals surface area contributed by atoms with Crippen molar-refractivity contribution >= 4 is 32.4 Å². The second-order valence-electron chi connectivity index (χ2n) is 4.01. The molecule has 0 unspecified atom stereocenters. The molecule has 0 aliphatic carbocycles. The monoisotopic (exact) mass is 318 g/mol. The minimum Gasteiger partial charge on any atom is -0.259 e. The Morgan fingerprint density at radius 3 is 2.47 bits per heavy atom. The summed E-state index contributed by atoms with van der Waals surface area (Å²) >= 11 is 5.84. The second-order valence-corrected chi connectivity index (χ2v) is 8.05. The van der Waals surface area contributed by atoms with Crippen molar-refractivity contribution in [3.8, 4) is 6.07 Å². The van der Waals surface area contributed by atoms with Crippen LogP contribution in [0.3, 0.4) is 0 Å². The zero-order valence-corrected chi connectivity index (χ0v) is 12.3. The van der Waals surface area contributed by atoms with E-state index in [1.807, 2.05) is 6.07 Å². The van der Waals surface area contributed by atoms with Crippen molar-refractivity contribution in [1.29, 1.82) is 5.26 Å². The van der Waals surface area contributed by atoms with Crippen LogP contribution >= 0.6 is 11.6 Å². The van der Waals surface area contributed by atoms with Gasteiger partial charge in [-0.25, -0.2) is 8.42 Å². The Hall–Kier alpha value is -0.940. The maximum Gasteiger partial charge on any atom is 0.243 e. The van der Waals surface area contributed by atoms with E-state index in [1.165, 1.54) is 22.5 Å². The lowest BCUT2D eigenvalue weighted by Gasteiger charge is -2.25. The van der Waals surface area contributed by atoms with Crippen molar-refractivity contribution in [2.45, 2.75) is 4.90 Å². The molecule has 5 nitrogen and oxygen atoms in total. The van der Waals surface area contributed by atoms with Crippen molar-refractivity contribution in [2.75, 3.05) is 24.6 Å². The van der Waals surface area contributed by atoms with Crippen LogP contribution < -0.4 is 0 Å². The van der Waals surface area contributed by atoms with E-state index in [1.54, 1.807) is 0 Å². The molecule has 1 aromatic carbocycles. The van der Waals surface area contributed by atoms with Crippen LogP contribution in [0.15, 0.2) is 23.1 Å². The van der Waals surface area contributed by atoms with Gasteiger partial charge in [0.1, 0.15) is 6.07 Å². The molecule has 0 atom stereocenters. The largest absolute Gasteiger partial charge is 0.259 e. The molecule has 102 valence electrons. The predicted octanol–water partition coefficient (Wildman–Crippen LogP) is 0.965. The third kappa shape index (κ3) is 2.98. The molecule has 0 N–H and O–H groups in total. The fourth-order valence-corrected chi connectivity index (χ4v) is 4.80. The van der Waals surface area contributed by atoms with Crippen molar-refractivity contribution in [3.05, 3.63) is 28.8 Å². The molecule has 1 heterocycles. The molecular weight excluding hydrogens is 308 g/mol. The average molecular weight is 319 g/mol. The van der Waals surface area contributed by atoms with Gasteiger partial charge in [-0.1, -0.05) is 11.6 Å². The summed E-state index contributed by atoms with van der Waals surface area (Å²) in [4.78, 5) is 0.0594. The first-order valence-electron chi connectivity index (χ1n) is 5.50. The van der Waals surface area contributed by atoms with Crippen LogP contribution in [0, 0.1) is 11.3 Å². The molecule has 1 fully saturated rings. The van der Waals surface area contributed by atoms with Gasteiger partial charge in [-0.15, -0.1) is 0 Å². The van der Waals surface area contributed by atoms with E-state index >= 15 is 0 Å². The summed E-state index contributed by atoms with van der Waals surface area (Å²) in [6, 6.07) is 5.91. The van der Waals surface area contributed by atoms with Gasteiger partial charge < -0.3 is 0 Å². The van der Waals surface area contributed by atoms with Crippen LogP contribution in [-0.2, 0) is 20.8 Å². The Labute approximate surface area is 119 Å². The van der Waals surface area contributed by atoms with Gasteiger partial charge in [0.25, 0.3) is 0 Å². The van der Waals surface area contributed by atoms with E-state index in [0.717, 1.165) is 0 Å². The highest BCUT2D eigenvalue weighted by molar-refractivity contribution is 7.89. The quantitative estimate of drug-likeness (QED) is 0.814. The van der Waals surface area contributed by atoms with Gasteiger partial charge in [-0.2, -0.15) is 9.57 Å². The van der Waals surface area contributed by atoms with Crippen LogP contribution in [0.4, 0.5) is 0 Å². The molecule has 0 aromatic heterocycles. The van der Waals surface area contributed by atoms with Gasteiger partial charge in [0.15, 0.2) is 0 Å². The van der Waals surface area contributed by atoms with Crippen LogP contribution in [0.5, 0.6) is 0 Å². The molecule has 0 bridgehead atoms. The average Bonchev–Trinajstić information content (AvgIpc) is 2.39. The number of hydrogen-bond acceptors (Lipinski definition) is 4. The number of sulfonamides is 1. The Kier molecular flexibility index (Phi) is 4.26. The summed E-state index contributed by atoms with van der Waals surface area (Å²) in [6.07, 6.45) is 0. The van der Waals surface area contributed by atoms with Gasteiger partial charge >= 0.3 is 0 Å². The summed E-state index contributed by atoms with van der Waals surface area (Å²) in [5.74, 6) is 0.701. The van der Waals surface area contributed by atoms with Gasteiger partial charge in [-0.3, -0.25) is 4.21 Å². The minimum atomic E-state index is -3.63. The van der Waals surface area contributed by atoms with Crippen molar-refractivity contribution in [3.63, 3.8) is 0 Å². The van der Waals surface area contributed by atoms with Crippen LogP contribution in [0.1, 0.15) is 5.56 Å². The van der Waals surface area contributed by atoms with Gasteiger partial charge in [0, 0.05) is 35.4 Å². The summed E-state index contributed by atoms with van der Waals surface area (Å²) < 4.78 is 37.2. The van der Waals surface area contributed by atoms with E-state index in [-0.39, 0.29) is 28.6 Å². The number of rotatable bonds is 2. The fraction of sp³-hybridized carbons (Fsp3) is 0.364. The highest BCUT2D eigenvalue weighted by Crippen LogP contribution is 2.23. The Morgan fingerprint density at radius 2 is 1.95 bits per heavy atom. The lowest BCUT2D eigenvalue weighted by molar-refractivity contribution is 0.438. The molecule has 0 spiro atoms. The summed E-state index contributed by atoms with van der Waals surface area (Å²) in [5.41, 5.74) is 0.236. The van der Waals surface area contributed by atoms with Crippen LogP contribution in [-0.4, -0.2) is 41.5 Å². The van der Waals surface area contributed by atoms with Gasteiger partial charge in [0.2, 0.25) is 10.0 Å². The molecule has 1 aliphatic rings. The molecule has 8 heteroatoms. The molecular formula is C11H11ClN2O3S2. The number of benzene rings is 1. The van der Waals surface area contributed by atoms with E-state index in [4.69, 9.17) is 16.9 Å². The highest BCUT2D eigenvalue weighted by atomic mass is 35.5. The molecule has 19 heavy (non-hydrogen) atoms. The zero-order chi connectivity index (χ0) is 14.0. The third-order valence-corrected chi connectivity index (χ3v) is 6.32. The SMILES string of the molecule is N#Cc1ccc(S(=O)(=O)N2CCS(=O)CC2)cc1Cl. The number of halogens is 1.